The fourth-order valence-corrected chi connectivity index (χ4v) is 4.11. The van der Waals surface area contributed by atoms with E-state index in [0.717, 1.165) is 61.7 Å². The predicted octanol–water partition coefficient (Wildman–Crippen LogP) is 3.90. The summed E-state index contributed by atoms with van der Waals surface area (Å²) in [6, 6.07) is 18.3. The molecule has 0 radical (unpaired) electrons. The first-order chi connectivity index (χ1) is 15.1. The number of nitrogens with zero attached hydrogens (tertiary/aromatic N) is 3. The van der Waals surface area contributed by atoms with E-state index >= 15 is 0 Å². The molecule has 1 saturated heterocycles. The summed E-state index contributed by atoms with van der Waals surface area (Å²) in [6.45, 7) is 5.29. The van der Waals surface area contributed by atoms with E-state index in [1.807, 2.05) is 35.0 Å². The SMILES string of the molecule is COc1ccc(-c2nn(-c3ccccc3)cc2CN2CCC(CNC(C)=O)CC2)cc1. The molecular weight excluding hydrogens is 388 g/mol. The highest BCUT2D eigenvalue weighted by molar-refractivity contribution is 5.72. The van der Waals surface area contributed by atoms with Crippen LogP contribution in [0.5, 0.6) is 5.75 Å². The smallest absolute Gasteiger partial charge is 0.216 e. The molecule has 1 aliphatic heterocycles. The minimum atomic E-state index is 0.0555. The average Bonchev–Trinajstić information content (AvgIpc) is 3.23. The average molecular weight is 419 g/mol. The third-order valence-corrected chi connectivity index (χ3v) is 5.91. The molecule has 1 aliphatic rings. The summed E-state index contributed by atoms with van der Waals surface area (Å²) >= 11 is 0. The lowest BCUT2D eigenvalue weighted by Gasteiger charge is -2.31. The van der Waals surface area contributed by atoms with Crippen molar-refractivity contribution in [1.29, 1.82) is 0 Å². The molecule has 1 N–H and O–H groups in total. The number of benzene rings is 2. The van der Waals surface area contributed by atoms with E-state index in [2.05, 4.69) is 40.7 Å². The number of rotatable bonds is 7. The molecule has 31 heavy (non-hydrogen) atoms. The normalized spacial score (nSPS) is 15.0. The number of carbonyl (C=O) groups excluding carboxylic acids is 1. The van der Waals surface area contributed by atoms with Gasteiger partial charge in [0.25, 0.3) is 0 Å². The minimum Gasteiger partial charge on any atom is -0.497 e. The van der Waals surface area contributed by atoms with Crippen molar-refractivity contribution in [3.63, 3.8) is 0 Å². The summed E-state index contributed by atoms with van der Waals surface area (Å²) in [5.41, 5.74) is 4.37. The Balaban J connectivity index is 1.53. The second-order valence-corrected chi connectivity index (χ2v) is 8.17. The second kappa shape index (κ2) is 9.79. The van der Waals surface area contributed by atoms with E-state index in [-0.39, 0.29) is 5.91 Å². The molecule has 6 heteroatoms. The molecule has 1 aromatic heterocycles. The summed E-state index contributed by atoms with van der Waals surface area (Å²) in [4.78, 5) is 13.7. The van der Waals surface area contributed by atoms with Gasteiger partial charge in [-0.1, -0.05) is 18.2 Å². The number of piperidine rings is 1. The number of nitrogens with one attached hydrogen (secondary N) is 1. The van der Waals surface area contributed by atoms with E-state index in [0.29, 0.717) is 5.92 Å². The molecule has 4 rings (SSSR count). The Labute approximate surface area is 183 Å². The first-order valence-corrected chi connectivity index (χ1v) is 10.9. The predicted molar refractivity (Wildman–Crippen MR) is 122 cm³/mol. The Morgan fingerprint density at radius 2 is 1.81 bits per heavy atom. The molecule has 2 heterocycles. The number of hydrogen-bond acceptors (Lipinski definition) is 4. The van der Waals surface area contributed by atoms with E-state index in [1.165, 1.54) is 5.56 Å². The number of aromatic nitrogens is 2. The maximum absolute atomic E-state index is 11.2. The van der Waals surface area contributed by atoms with Gasteiger partial charge in [-0.3, -0.25) is 9.69 Å². The lowest BCUT2D eigenvalue weighted by molar-refractivity contribution is -0.119. The van der Waals surface area contributed by atoms with Crippen LogP contribution in [0.1, 0.15) is 25.3 Å². The van der Waals surface area contributed by atoms with E-state index in [4.69, 9.17) is 9.84 Å². The zero-order chi connectivity index (χ0) is 21.6. The Hall–Kier alpha value is -3.12. The first kappa shape index (κ1) is 21.1. The molecule has 162 valence electrons. The molecule has 0 atom stereocenters. The molecule has 6 nitrogen and oxygen atoms in total. The van der Waals surface area contributed by atoms with Crippen LogP contribution in [0, 0.1) is 5.92 Å². The number of likely N-dealkylation sites (tertiary alicyclic amines) is 1. The summed E-state index contributed by atoms with van der Waals surface area (Å²) in [5, 5.41) is 7.90. The van der Waals surface area contributed by atoms with Crippen LogP contribution >= 0.6 is 0 Å². The number of para-hydroxylation sites is 1. The number of ether oxygens (including phenoxy) is 1. The van der Waals surface area contributed by atoms with E-state index in [9.17, 15) is 4.79 Å². The van der Waals surface area contributed by atoms with Crippen LogP contribution in [0.15, 0.2) is 60.8 Å². The van der Waals surface area contributed by atoms with Gasteiger partial charge in [-0.2, -0.15) is 5.10 Å². The second-order valence-electron chi connectivity index (χ2n) is 8.17. The van der Waals surface area contributed by atoms with E-state index in [1.54, 1.807) is 14.0 Å². The Kier molecular flexibility index (Phi) is 6.67. The molecule has 0 bridgehead atoms. The van der Waals surface area contributed by atoms with Gasteiger partial charge in [0.15, 0.2) is 0 Å². The Morgan fingerprint density at radius 1 is 1.10 bits per heavy atom. The van der Waals surface area contributed by atoms with Crippen LogP contribution in [-0.2, 0) is 11.3 Å². The van der Waals surface area contributed by atoms with Gasteiger partial charge < -0.3 is 10.1 Å². The van der Waals surface area contributed by atoms with Gasteiger partial charge >= 0.3 is 0 Å². The Bertz CT molecular complexity index is 990. The zero-order valence-corrected chi connectivity index (χ0v) is 18.3. The van der Waals surface area contributed by atoms with Crippen molar-refractivity contribution in [3.05, 3.63) is 66.4 Å². The third kappa shape index (κ3) is 5.33. The molecule has 1 amide bonds. The van der Waals surface area contributed by atoms with Gasteiger partial charge in [0.05, 0.1) is 18.5 Å². The highest BCUT2D eigenvalue weighted by atomic mass is 16.5. The standard InChI is InChI=1S/C25H30N4O2/c1-19(30)26-16-20-12-14-28(15-13-20)17-22-18-29(23-6-4-3-5-7-23)27-25(22)21-8-10-24(31-2)11-9-21/h3-11,18,20H,12-17H2,1-2H3,(H,26,30). The van der Waals surface area contributed by atoms with Gasteiger partial charge in [0.2, 0.25) is 5.91 Å². The summed E-state index contributed by atoms with van der Waals surface area (Å²) in [5.74, 6) is 1.46. The molecule has 3 aromatic rings. The van der Waals surface area contributed by atoms with Crippen molar-refractivity contribution >= 4 is 5.91 Å². The van der Waals surface area contributed by atoms with Crippen LogP contribution in [0.3, 0.4) is 0 Å². The van der Waals surface area contributed by atoms with Crippen LogP contribution in [0.4, 0.5) is 0 Å². The van der Waals surface area contributed by atoms with Crippen molar-refractivity contribution in [1.82, 2.24) is 20.0 Å². The number of methoxy groups -OCH3 is 1. The molecule has 2 aromatic carbocycles. The van der Waals surface area contributed by atoms with Crippen LogP contribution in [-0.4, -0.2) is 47.3 Å². The zero-order valence-electron chi connectivity index (χ0n) is 18.3. The molecule has 1 fully saturated rings. The lowest BCUT2D eigenvalue weighted by Crippen LogP contribution is -2.37. The fourth-order valence-electron chi connectivity index (χ4n) is 4.11. The van der Waals surface area contributed by atoms with Gasteiger partial charge in [-0.05, 0) is 68.2 Å². The number of amides is 1. The number of carbonyl (C=O) groups is 1. The lowest BCUT2D eigenvalue weighted by atomic mass is 9.96. The van der Waals surface area contributed by atoms with Crippen molar-refractivity contribution in [3.8, 4) is 22.7 Å². The van der Waals surface area contributed by atoms with Crippen molar-refractivity contribution in [2.45, 2.75) is 26.3 Å². The van der Waals surface area contributed by atoms with Gasteiger partial charge in [0.1, 0.15) is 5.75 Å². The third-order valence-electron chi connectivity index (χ3n) is 5.91. The van der Waals surface area contributed by atoms with Gasteiger partial charge in [0, 0.05) is 37.3 Å². The molecule has 0 aliphatic carbocycles. The van der Waals surface area contributed by atoms with Crippen LogP contribution in [0.2, 0.25) is 0 Å². The largest absolute Gasteiger partial charge is 0.497 e. The van der Waals surface area contributed by atoms with Crippen LogP contribution < -0.4 is 10.1 Å². The summed E-state index contributed by atoms with van der Waals surface area (Å²) in [6.07, 6.45) is 4.36. The molecule has 0 spiro atoms. The molecule has 0 saturated carbocycles. The number of hydrogen-bond donors (Lipinski definition) is 1. The van der Waals surface area contributed by atoms with Crippen molar-refractivity contribution in [2.75, 3.05) is 26.7 Å². The maximum Gasteiger partial charge on any atom is 0.216 e. The highest BCUT2D eigenvalue weighted by Crippen LogP contribution is 2.28. The maximum atomic E-state index is 11.2. The first-order valence-electron chi connectivity index (χ1n) is 10.9. The molecule has 0 unspecified atom stereocenters. The Morgan fingerprint density at radius 3 is 2.45 bits per heavy atom. The summed E-state index contributed by atoms with van der Waals surface area (Å²) in [7, 11) is 1.68. The minimum absolute atomic E-state index is 0.0555. The molecular formula is C25H30N4O2. The van der Waals surface area contributed by atoms with Crippen molar-refractivity contribution < 1.29 is 9.53 Å². The fraction of sp³-hybridized carbons (Fsp3) is 0.360. The van der Waals surface area contributed by atoms with Crippen LogP contribution in [0.25, 0.3) is 16.9 Å². The quantitative estimate of drug-likeness (QED) is 0.632. The summed E-state index contributed by atoms with van der Waals surface area (Å²) < 4.78 is 7.29. The van der Waals surface area contributed by atoms with Crippen molar-refractivity contribution in [2.24, 2.45) is 5.92 Å². The van der Waals surface area contributed by atoms with Gasteiger partial charge in [-0.15, -0.1) is 0 Å². The van der Waals surface area contributed by atoms with Gasteiger partial charge in [-0.25, -0.2) is 4.68 Å². The highest BCUT2D eigenvalue weighted by Gasteiger charge is 2.22. The monoisotopic (exact) mass is 418 g/mol. The van der Waals surface area contributed by atoms with E-state index < -0.39 is 0 Å². The topological polar surface area (TPSA) is 59.4 Å².